The van der Waals surface area contributed by atoms with Crippen LogP contribution in [0.15, 0.2) is 30.3 Å². The summed E-state index contributed by atoms with van der Waals surface area (Å²) in [7, 11) is 1.42. The summed E-state index contributed by atoms with van der Waals surface area (Å²) in [6, 6.07) is 9.39. The number of hydroxylamine groups is 2. The molecule has 18 heavy (non-hydrogen) atoms. The maximum absolute atomic E-state index is 11.4. The van der Waals surface area contributed by atoms with E-state index in [9.17, 15) is 4.79 Å². The minimum absolute atomic E-state index is 0.250. The number of hydrogen-bond acceptors (Lipinski definition) is 3. The molecule has 0 unspecified atom stereocenters. The Balaban J connectivity index is 2.32. The Hall–Kier alpha value is -0.680. The summed E-state index contributed by atoms with van der Waals surface area (Å²) in [4.78, 5) is 16.6. The van der Waals surface area contributed by atoms with E-state index in [0.717, 1.165) is 10.6 Å². The quantitative estimate of drug-likeness (QED) is 0.630. The first-order valence-electron chi connectivity index (χ1n) is 5.02. The van der Waals surface area contributed by atoms with Gasteiger partial charge in [0.05, 0.1) is 0 Å². The topological polar surface area (TPSA) is 38.8 Å². The van der Waals surface area contributed by atoms with Crippen molar-refractivity contribution in [3.63, 3.8) is 0 Å². The molecule has 0 saturated heterocycles. The molecule has 100 valence electrons. The van der Waals surface area contributed by atoms with Crippen molar-refractivity contribution in [2.45, 2.75) is 10.4 Å². The molecule has 1 amide bonds. The Kier molecular flexibility index (Phi) is 6.02. The van der Waals surface area contributed by atoms with E-state index in [1.54, 1.807) is 0 Å². The van der Waals surface area contributed by atoms with Gasteiger partial charge in [0.15, 0.2) is 0 Å². The van der Waals surface area contributed by atoms with Gasteiger partial charge >= 0.3 is 6.09 Å². The molecule has 0 N–H and O–H groups in total. The molecule has 0 saturated carbocycles. The summed E-state index contributed by atoms with van der Waals surface area (Å²) >= 11 is 16.3. The summed E-state index contributed by atoms with van der Waals surface area (Å²) in [5.74, 6) is 0. The van der Waals surface area contributed by atoms with Gasteiger partial charge in [-0.15, -0.1) is 0 Å². The van der Waals surface area contributed by atoms with Gasteiger partial charge in [-0.3, -0.25) is 4.84 Å². The maximum atomic E-state index is 11.4. The largest absolute Gasteiger partial charge is 0.443 e. The minimum Gasteiger partial charge on any atom is -0.443 e. The van der Waals surface area contributed by atoms with Crippen molar-refractivity contribution in [2.24, 2.45) is 0 Å². The first-order valence-corrected chi connectivity index (χ1v) is 6.16. The lowest BCUT2D eigenvalue weighted by atomic mass is 10.2. The fourth-order valence-corrected chi connectivity index (χ4v) is 1.20. The molecule has 0 atom stereocenters. The Morgan fingerprint density at radius 3 is 2.44 bits per heavy atom. The van der Waals surface area contributed by atoms with Gasteiger partial charge in [0.2, 0.25) is 3.79 Å². The van der Waals surface area contributed by atoms with Crippen LogP contribution in [0.3, 0.4) is 0 Å². The first kappa shape index (κ1) is 15.4. The molecule has 0 aliphatic rings. The molecular formula is C11H12Cl3NO3. The molecule has 7 heteroatoms. The van der Waals surface area contributed by atoms with Crippen LogP contribution in [0.5, 0.6) is 0 Å². The van der Waals surface area contributed by atoms with E-state index in [-0.39, 0.29) is 13.2 Å². The average molecular weight is 313 g/mol. The lowest BCUT2D eigenvalue weighted by Gasteiger charge is -2.18. The summed E-state index contributed by atoms with van der Waals surface area (Å²) in [6.07, 6.45) is -0.725. The highest BCUT2D eigenvalue weighted by Crippen LogP contribution is 2.26. The minimum atomic E-state index is -1.63. The third kappa shape index (κ3) is 6.31. The van der Waals surface area contributed by atoms with Crippen molar-refractivity contribution >= 4 is 40.9 Å². The predicted octanol–water partition coefficient (Wildman–Crippen LogP) is 3.56. The highest BCUT2D eigenvalue weighted by Gasteiger charge is 2.23. The molecule has 0 aromatic heterocycles. The van der Waals surface area contributed by atoms with Gasteiger partial charge in [-0.25, -0.2) is 4.79 Å². The number of halogens is 3. The molecule has 0 fully saturated rings. The van der Waals surface area contributed by atoms with Crippen LogP contribution in [-0.4, -0.2) is 28.6 Å². The zero-order chi connectivity index (χ0) is 13.6. The van der Waals surface area contributed by atoms with Crippen molar-refractivity contribution in [2.75, 3.05) is 13.7 Å². The highest BCUT2D eigenvalue weighted by molar-refractivity contribution is 6.67. The van der Waals surface area contributed by atoms with Crippen molar-refractivity contribution in [1.29, 1.82) is 0 Å². The lowest BCUT2D eigenvalue weighted by molar-refractivity contribution is -0.129. The number of hydrogen-bond donors (Lipinski definition) is 0. The van der Waals surface area contributed by atoms with E-state index in [1.165, 1.54) is 7.05 Å². The number of ether oxygens (including phenoxy) is 1. The van der Waals surface area contributed by atoms with Gasteiger partial charge in [0.1, 0.15) is 13.2 Å². The lowest BCUT2D eigenvalue weighted by Crippen LogP contribution is -2.30. The molecule has 0 aliphatic heterocycles. The summed E-state index contributed by atoms with van der Waals surface area (Å²) in [6.45, 7) is -0.0876. The molecule has 0 aliphatic carbocycles. The molecule has 4 nitrogen and oxygen atoms in total. The van der Waals surface area contributed by atoms with Gasteiger partial charge in [0.25, 0.3) is 0 Å². The molecule has 1 rings (SSSR count). The van der Waals surface area contributed by atoms with Gasteiger partial charge in [0, 0.05) is 7.05 Å². The number of amides is 1. The zero-order valence-corrected chi connectivity index (χ0v) is 11.9. The van der Waals surface area contributed by atoms with Crippen molar-refractivity contribution in [3.05, 3.63) is 35.9 Å². The fourth-order valence-electron chi connectivity index (χ4n) is 1.03. The van der Waals surface area contributed by atoms with Gasteiger partial charge in [-0.05, 0) is 5.56 Å². The number of carbonyl (C=O) groups is 1. The third-order valence-electron chi connectivity index (χ3n) is 1.88. The standard InChI is InChI=1S/C11H12Cl3NO3/c1-15(10(16)17-8-11(12,13)14)18-7-9-5-3-2-4-6-9/h2-6H,7-8H2,1H3. The number of carbonyl (C=O) groups excluding carboxylic acids is 1. The molecule has 0 radical (unpaired) electrons. The Bertz CT molecular complexity index is 381. The number of benzene rings is 1. The molecular weight excluding hydrogens is 300 g/mol. The van der Waals surface area contributed by atoms with Gasteiger partial charge in [-0.2, -0.15) is 5.06 Å². The molecule has 0 bridgehead atoms. The van der Waals surface area contributed by atoms with Crippen LogP contribution in [0.2, 0.25) is 0 Å². The molecule has 1 aromatic carbocycles. The second-order valence-electron chi connectivity index (χ2n) is 3.43. The van der Waals surface area contributed by atoms with Crippen LogP contribution in [-0.2, 0) is 16.2 Å². The monoisotopic (exact) mass is 311 g/mol. The van der Waals surface area contributed by atoms with Crippen LogP contribution >= 0.6 is 34.8 Å². The van der Waals surface area contributed by atoms with E-state index in [1.807, 2.05) is 30.3 Å². The average Bonchev–Trinajstić information content (AvgIpc) is 2.33. The first-order chi connectivity index (χ1) is 8.38. The molecule has 0 heterocycles. The molecule has 1 aromatic rings. The number of nitrogens with zero attached hydrogens (tertiary/aromatic N) is 1. The van der Waals surface area contributed by atoms with E-state index in [4.69, 9.17) is 44.4 Å². The second kappa shape index (κ2) is 7.04. The van der Waals surface area contributed by atoms with E-state index < -0.39 is 9.89 Å². The molecule has 0 spiro atoms. The SMILES string of the molecule is CN(OCc1ccccc1)C(=O)OCC(Cl)(Cl)Cl. The highest BCUT2D eigenvalue weighted by atomic mass is 35.6. The Labute approximate surface area is 120 Å². The van der Waals surface area contributed by atoms with Crippen LogP contribution in [0, 0.1) is 0 Å². The summed E-state index contributed by atoms with van der Waals surface area (Å²) in [5, 5.41) is 0.948. The predicted molar refractivity (Wildman–Crippen MR) is 70.6 cm³/mol. The van der Waals surface area contributed by atoms with Crippen LogP contribution in [0.25, 0.3) is 0 Å². The Morgan fingerprint density at radius 1 is 1.28 bits per heavy atom. The van der Waals surface area contributed by atoms with Crippen molar-refractivity contribution in [1.82, 2.24) is 5.06 Å². The number of alkyl halides is 3. The van der Waals surface area contributed by atoms with Crippen molar-refractivity contribution < 1.29 is 14.4 Å². The van der Waals surface area contributed by atoms with Crippen LogP contribution in [0.4, 0.5) is 4.79 Å². The second-order valence-corrected chi connectivity index (χ2v) is 5.94. The summed E-state index contributed by atoms with van der Waals surface area (Å²) < 4.78 is 3.09. The zero-order valence-electron chi connectivity index (χ0n) is 9.61. The van der Waals surface area contributed by atoms with E-state index in [2.05, 4.69) is 0 Å². The van der Waals surface area contributed by atoms with E-state index in [0.29, 0.717) is 0 Å². The van der Waals surface area contributed by atoms with Gasteiger partial charge < -0.3 is 4.74 Å². The fraction of sp³-hybridized carbons (Fsp3) is 0.364. The summed E-state index contributed by atoms with van der Waals surface area (Å²) in [5.41, 5.74) is 0.929. The smallest absolute Gasteiger partial charge is 0.433 e. The normalized spacial score (nSPS) is 11.1. The van der Waals surface area contributed by atoms with Gasteiger partial charge in [-0.1, -0.05) is 65.1 Å². The Morgan fingerprint density at radius 2 is 1.89 bits per heavy atom. The maximum Gasteiger partial charge on any atom is 0.433 e. The third-order valence-corrected chi connectivity index (χ3v) is 2.21. The van der Waals surface area contributed by atoms with E-state index >= 15 is 0 Å². The van der Waals surface area contributed by atoms with Crippen LogP contribution in [0.1, 0.15) is 5.56 Å². The number of rotatable bonds is 4. The van der Waals surface area contributed by atoms with Crippen LogP contribution < -0.4 is 0 Å². The van der Waals surface area contributed by atoms with Crippen molar-refractivity contribution in [3.8, 4) is 0 Å².